The van der Waals surface area contributed by atoms with Crippen LogP contribution in [0.25, 0.3) is 0 Å². The number of esters is 1. The van der Waals surface area contributed by atoms with Crippen LogP contribution in [0.4, 0.5) is 0 Å². The summed E-state index contributed by atoms with van der Waals surface area (Å²) in [4.78, 5) is 23.0. The van der Waals surface area contributed by atoms with E-state index in [4.69, 9.17) is 4.74 Å². The molecular formula is C13H21NO3. The largest absolute Gasteiger partial charge is 0.463 e. The predicted octanol–water partition coefficient (Wildman–Crippen LogP) is 2.29. The van der Waals surface area contributed by atoms with E-state index >= 15 is 0 Å². The zero-order valence-electron chi connectivity index (χ0n) is 10.7. The molecule has 1 aliphatic carbocycles. The molecule has 0 unspecified atom stereocenters. The second-order valence-corrected chi connectivity index (χ2v) is 4.27. The fourth-order valence-electron chi connectivity index (χ4n) is 2.05. The van der Waals surface area contributed by atoms with Crippen molar-refractivity contribution in [2.24, 2.45) is 0 Å². The van der Waals surface area contributed by atoms with Crippen molar-refractivity contribution >= 4 is 11.9 Å². The second kappa shape index (κ2) is 7.09. The van der Waals surface area contributed by atoms with E-state index in [0.29, 0.717) is 18.6 Å². The standard InChI is InChI=1S/C13H21NO3/c1-3-17-13(16)11-8-6-4-5-7-9-12(11)14-10(2)15/h3-9H2,1-2H3,(H,14,15)/b12-11-. The van der Waals surface area contributed by atoms with E-state index in [1.54, 1.807) is 6.92 Å². The summed E-state index contributed by atoms with van der Waals surface area (Å²) in [5, 5.41) is 2.78. The quantitative estimate of drug-likeness (QED) is 0.769. The van der Waals surface area contributed by atoms with E-state index in [0.717, 1.165) is 37.8 Å². The van der Waals surface area contributed by atoms with Crippen LogP contribution >= 0.6 is 0 Å². The van der Waals surface area contributed by atoms with Crippen molar-refractivity contribution in [3.8, 4) is 0 Å². The minimum atomic E-state index is -0.279. The highest BCUT2D eigenvalue weighted by Crippen LogP contribution is 2.22. The van der Waals surface area contributed by atoms with Gasteiger partial charge in [-0.3, -0.25) is 4.79 Å². The van der Waals surface area contributed by atoms with Gasteiger partial charge in [-0.2, -0.15) is 0 Å². The summed E-state index contributed by atoms with van der Waals surface area (Å²) in [6.45, 7) is 3.63. The number of allylic oxidation sites excluding steroid dienone is 1. The lowest BCUT2D eigenvalue weighted by molar-refractivity contribution is -0.138. The lowest BCUT2D eigenvalue weighted by atomic mass is 9.97. The molecule has 0 aromatic carbocycles. The fraction of sp³-hybridized carbons (Fsp3) is 0.692. The Bertz CT molecular complexity index is 321. The lowest BCUT2D eigenvalue weighted by Gasteiger charge is -2.17. The van der Waals surface area contributed by atoms with Gasteiger partial charge in [-0.1, -0.05) is 12.8 Å². The number of ether oxygens (including phenoxy) is 1. The molecule has 17 heavy (non-hydrogen) atoms. The van der Waals surface area contributed by atoms with Gasteiger partial charge in [0.25, 0.3) is 0 Å². The smallest absolute Gasteiger partial charge is 0.335 e. The van der Waals surface area contributed by atoms with E-state index in [1.165, 1.54) is 6.92 Å². The fourth-order valence-corrected chi connectivity index (χ4v) is 2.05. The van der Waals surface area contributed by atoms with Crippen molar-refractivity contribution in [1.82, 2.24) is 5.32 Å². The van der Waals surface area contributed by atoms with Crippen molar-refractivity contribution in [3.63, 3.8) is 0 Å². The molecule has 96 valence electrons. The number of carbonyl (C=O) groups excluding carboxylic acids is 2. The molecule has 0 saturated carbocycles. The number of nitrogens with one attached hydrogen (secondary N) is 1. The molecule has 0 saturated heterocycles. The van der Waals surface area contributed by atoms with Crippen LogP contribution in [0, 0.1) is 0 Å². The van der Waals surface area contributed by atoms with Gasteiger partial charge in [-0.05, 0) is 32.6 Å². The first-order chi connectivity index (χ1) is 8.15. The van der Waals surface area contributed by atoms with Gasteiger partial charge in [0.1, 0.15) is 0 Å². The third kappa shape index (κ3) is 4.59. The topological polar surface area (TPSA) is 55.4 Å². The molecule has 0 fully saturated rings. The van der Waals surface area contributed by atoms with Crippen LogP contribution in [0.15, 0.2) is 11.3 Å². The van der Waals surface area contributed by atoms with Crippen molar-refractivity contribution in [2.45, 2.75) is 52.4 Å². The second-order valence-electron chi connectivity index (χ2n) is 4.27. The Morgan fingerprint density at radius 2 is 1.82 bits per heavy atom. The van der Waals surface area contributed by atoms with E-state index in [2.05, 4.69) is 5.32 Å². The zero-order valence-corrected chi connectivity index (χ0v) is 10.7. The Morgan fingerprint density at radius 1 is 1.18 bits per heavy atom. The van der Waals surface area contributed by atoms with E-state index in [-0.39, 0.29) is 11.9 Å². The van der Waals surface area contributed by atoms with Crippen LogP contribution < -0.4 is 5.32 Å². The maximum absolute atomic E-state index is 11.8. The van der Waals surface area contributed by atoms with Crippen molar-refractivity contribution in [2.75, 3.05) is 6.61 Å². The first-order valence-electron chi connectivity index (χ1n) is 6.32. The van der Waals surface area contributed by atoms with Crippen LogP contribution in [0.3, 0.4) is 0 Å². The molecule has 0 heterocycles. The highest BCUT2D eigenvalue weighted by atomic mass is 16.5. The number of hydrogen-bond acceptors (Lipinski definition) is 3. The van der Waals surface area contributed by atoms with Crippen molar-refractivity contribution in [1.29, 1.82) is 0 Å². The molecular weight excluding hydrogens is 218 g/mol. The summed E-state index contributed by atoms with van der Waals surface area (Å²) < 4.78 is 5.04. The monoisotopic (exact) mass is 239 g/mol. The average molecular weight is 239 g/mol. The van der Waals surface area contributed by atoms with Crippen LogP contribution in [0.1, 0.15) is 52.4 Å². The van der Waals surface area contributed by atoms with E-state index in [9.17, 15) is 9.59 Å². The summed E-state index contributed by atoms with van der Waals surface area (Å²) in [7, 11) is 0. The van der Waals surface area contributed by atoms with Gasteiger partial charge in [0.15, 0.2) is 0 Å². The molecule has 0 aromatic rings. The maximum atomic E-state index is 11.8. The summed E-state index contributed by atoms with van der Waals surface area (Å²) in [6, 6.07) is 0. The Balaban J connectivity index is 2.89. The molecule has 1 amide bonds. The Hall–Kier alpha value is -1.32. The third-order valence-corrected chi connectivity index (χ3v) is 2.82. The van der Waals surface area contributed by atoms with Gasteiger partial charge in [0.2, 0.25) is 5.91 Å². The molecule has 1 N–H and O–H groups in total. The number of hydrogen-bond donors (Lipinski definition) is 1. The number of rotatable bonds is 3. The minimum Gasteiger partial charge on any atom is -0.463 e. The van der Waals surface area contributed by atoms with Gasteiger partial charge in [0.05, 0.1) is 12.2 Å². The van der Waals surface area contributed by atoms with Crippen LogP contribution in [-0.2, 0) is 14.3 Å². The minimum absolute atomic E-state index is 0.123. The normalized spacial score (nSPS) is 21.3. The number of carbonyl (C=O) groups is 2. The summed E-state index contributed by atoms with van der Waals surface area (Å²) in [5.74, 6) is -0.402. The van der Waals surface area contributed by atoms with E-state index in [1.807, 2.05) is 0 Å². The molecule has 0 aliphatic heterocycles. The summed E-state index contributed by atoms with van der Waals surface area (Å²) in [5.41, 5.74) is 1.41. The number of amides is 1. The zero-order chi connectivity index (χ0) is 12.7. The first-order valence-corrected chi connectivity index (χ1v) is 6.32. The molecule has 0 aromatic heterocycles. The molecule has 0 atom stereocenters. The van der Waals surface area contributed by atoms with Crippen LogP contribution in [-0.4, -0.2) is 18.5 Å². The molecule has 4 heteroatoms. The highest BCUT2D eigenvalue weighted by molar-refractivity contribution is 5.90. The van der Waals surface area contributed by atoms with Crippen LogP contribution in [0.2, 0.25) is 0 Å². The van der Waals surface area contributed by atoms with Gasteiger partial charge in [-0.15, -0.1) is 0 Å². The van der Waals surface area contributed by atoms with E-state index < -0.39 is 0 Å². The molecule has 1 aliphatic rings. The van der Waals surface area contributed by atoms with Crippen LogP contribution in [0.5, 0.6) is 0 Å². The summed E-state index contributed by atoms with van der Waals surface area (Å²) >= 11 is 0. The first kappa shape index (κ1) is 13.7. The van der Waals surface area contributed by atoms with Gasteiger partial charge in [-0.25, -0.2) is 4.79 Å². The average Bonchev–Trinajstić information content (AvgIpc) is 2.22. The molecule has 0 bridgehead atoms. The molecule has 4 nitrogen and oxygen atoms in total. The van der Waals surface area contributed by atoms with Gasteiger partial charge >= 0.3 is 5.97 Å². The van der Waals surface area contributed by atoms with Crippen molar-refractivity contribution in [3.05, 3.63) is 11.3 Å². The van der Waals surface area contributed by atoms with Gasteiger partial charge in [0, 0.05) is 12.6 Å². The SMILES string of the molecule is CCOC(=O)/C1=C(\NC(C)=O)CCCCCC1. The molecule has 1 rings (SSSR count). The Labute approximate surface area is 102 Å². The third-order valence-electron chi connectivity index (χ3n) is 2.82. The Kier molecular flexibility index (Phi) is 5.73. The highest BCUT2D eigenvalue weighted by Gasteiger charge is 2.18. The molecule has 0 radical (unpaired) electrons. The molecule has 0 spiro atoms. The maximum Gasteiger partial charge on any atom is 0.335 e. The van der Waals surface area contributed by atoms with Crippen molar-refractivity contribution < 1.29 is 14.3 Å². The Morgan fingerprint density at radius 3 is 2.41 bits per heavy atom. The van der Waals surface area contributed by atoms with Gasteiger partial charge < -0.3 is 10.1 Å². The summed E-state index contributed by atoms with van der Waals surface area (Å²) in [6.07, 6.45) is 5.74. The predicted molar refractivity (Wildman–Crippen MR) is 65.2 cm³/mol. The lowest BCUT2D eigenvalue weighted by Crippen LogP contribution is -2.24.